The number of benzene rings is 1. The average molecular weight is 340 g/mol. The Morgan fingerprint density at radius 1 is 1.17 bits per heavy atom. The number of carboxylic acids is 1. The fourth-order valence-electron chi connectivity index (χ4n) is 1.65. The lowest BCUT2D eigenvalue weighted by Crippen LogP contribution is -2.44. The molecule has 126 valence electrons. The lowest BCUT2D eigenvalue weighted by Gasteiger charge is -2.13. The SMILES string of the molecule is COCC(NC(=O)CSCC(=O)Nc1ccc(C)cc1)C(=O)O. The Bertz CT molecular complexity index is 547. The number of aliphatic carboxylic acids is 1. The summed E-state index contributed by atoms with van der Waals surface area (Å²) in [7, 11) is 1.35. The zero-order chi connectivity index (χ0) is 17.2. The molecule has 1 rings (SSSR count). The third-order valence-electron chi connectivity index (χ3n) is 2.77. The molecular formula is C15H20N2O5S. The van der Waals surface area contributed by atoms with Crippen LogP contribution in [0.25, 0.3) is 0 Å². The molecule has 0 spiro atoms. The molecule has 0 aliphatic heterocycles. The van der Waals surface area contributed by atoms with E-state index in [0.29, 0.717) is 5.69 Å². The number of carbonyl (C=O) groups is 3. The quantitative estimate of drug-likeness (QED) is 0.616. The number of hydrogen-bond donors (Lipinski definition) is 3. The fourth-order valence-corrected chi connectivity index (χ4v) is 2.28. The van der Waals surface area contributed by atoms with Crippen molar-refractivity contribution in [1.29, 1.82) is 0 Å². The van der Waals surface area contributed by atoms with E-state index < -0.39 is 17.9 Å². The van der Waals surface area contributed by atoms with Crippen LogP contribution in [0.4, 0.5) is 5.69 Å². The van der Waals surface area contributed by atoms with Crippen LogP contribution < -0.4 is 10.6 Å². The lowest BCUT2D eigenvalue weighted by atomic mass is 10.2. The molecule has 0 aliphatic carbocycles. The van der Waals surface area contributed by atoms with Crippen LogP contribution in [0.1, 0.15) is 5.56 Å². The zero-order valence-corrected chi connectivity index (χ0v) is 13.8. The highest BCUT2D eigenvalue weighted by Crippen LogP contribution is 2.09. The van der Waals surface area contributed by atoms with E-state index in [1.54, 1.807) is 12.1 Å². The molecule has 1 aromatic rings. The first kappa shape index (κ1) is 19.0. The zero-order valence-electron chi connectivity index (χ0n) is 13.0. The van der Waals surface area contributed by atoms with Crippen molar-refractivity contribution >= 4 is 35.2 Å². The van der Waals surface area contributed by atoms with E-state index in [1.807, 2.05) is 19.1 Å². The summed E-state index contributed by atoms with van der Waals surface area (Å²) in [6, 6.07) is 6.28. The number of thioether (sulfide) groups is 1. The standard InChI is InChI=1S/C15H20N2O5S/c1-10-3-5-11(6-4-10)16-13(18)8-23-9-14(19)17-12(7-22-2)15(20)21/h3-6,12H,7-9H2,1-2H3,(H,16,18)(H,17,19)(H,20,21). The van der Waals surface area contributed by atoms with Crippen molar-refractivity contribution in [3.05, 3.63) is 29.8 Å². The van der Waals surface area contributed by atoms with Gasteiger partial charge in [-0.05, 0) is 19.1 Å². The molecule has 23 heavy (non-hydrogen) atoms. The van der Waals surface area contributed by atoms with Crippen LogP contribution in [0.15, 0.2) is 24.3 Å². The summed E-state index contributed by atoms with van der Waals surface area (Å²) in [6.07, 6.45) is 0. The van der Waals surface area contributed by atoms with Crippen molar-refractivity contribution in [2.75, 3.05) is 30.5 Å². The van der Waals surface area contributed by atoms with Crippen molar-refractivity contribution in [3.63, 3.8) is 0 Å². The third kappa shape index (κ3) is 7.66. The predicted molar refractivity (Wildman–Crippen MR) is 88.6 cm³/mol. The van der Waals surface area contributed by atoms with Crippen LogP contribution in [-0.2, 0) is 19.1 Å². The van der Waals surface area contributed by atoms with Gasteiger partial charge in [0, 0.05) is 12.8 Å². The van der Waals surface area contributed by atoms with Crippen LogP contribution in [0.5, 0.6) is 0 Å². The fraction of sp³-hybridized carbons (Fsp3) is 0.400. The lowest BCUT2D eigenvalue weighted by molar-refractivity contribution is -0.143. The number of hydrogen-bond acceptors (Lipinski definition) is 5. The van der Waals surface area contributed by atoms with Crippen molar-refractivity contribution in [1.82, 2.24) is 5.32 Å². The average Bonchev–Trinajstić information content (AvgIpc) is 2.49. The van der Waals surface area contributed by atoms with E-state index >= 15 is 0 Å². The summed E-state index contributed by atoms with van der Waals surface area (Å²) < 4.78 is 4.72. The van der Waals surface area contributed by atoms with Crippen LogP contribution in [0, 0.1) is 6.92 Å². The summed E-state index contributed by atoms with van der Waals surface area (Å²) in [6.45, 7) is 1.84. The summed E-state index contributed by atoms with van der Waals surface area (Å²) >= 11 is 1.11. The first-order chi connectivity index (χ1) is 10.9. The van der Waals surface area contributed by atoms with E-state index in [4.69, 9.17) is 9.84 Å². The van der Waals surface area contributed by atoms with E-state index in [9.17, 15) is 14.4 Å². The molecule has 1 aromatic carbocycles. The number of ether oxygens (including phenoxy) is 1. The highest BCUT2D eigenvalue weighted by Gasteiger charge is 2.19. The molecule has 8 heteroatoms. The molecule has 1 unspecified atom stereocenters. The second kappa shape index (κ2) is 9.86. The number of carboxylic acid groups (broad SMARTS) is 1. The number of rotatable bonds is 9. The van der Waals surface area contributed by atoms with Gasteiger partial charge in [0.2, 0.25) is 11.8 Å². The van der Waals surface area contributed by atoms with Gasteiger partial charge in [0.15, 0.2) is 6.04 Å². The van der Waals surface area contributed by atoms with E-state index in [-0.39, 0.29) is 24.0 Å². The minimum absolute atomic E-state index is 0.00515. The summed E-state index contributed by atoms with van der Waals surface area (Å²) in [5.74, 6) is -1.75. The molecule has 0 saturated heterocycles. The number of nitrogens with one attached hydrogen (secondary N) is 2. The molecule has 0 saturated carbocycles. The number of amides is 2. The van der Waals surface area contributed by atoms with Crippen molar-refractivity contribution in [3.8, 4) is 0 Å². The number of aryl methyl sites for hydroxylation is 1. The summed E-state index contributed by atoms with van der Waals surface area (Å²) in [4.78, 5) is 34.2. The third-order valence-corrected chi connectivity index (χ3v) is 3.70. The van der Waals surface area contributed by atoms with E-state index in [1.165, 1.54) is 7.11 Å². The maximum Gasteiger partial charge on any atom is 0.328 e. The Labute approximate surface area is 138 Å². The van der Waals surface area contributed by atoms with Crippen LogP contribution in [0.2, 0.25) is 0 Å². The Kier molecular flexibility index (Phi) is 8.14. The Hall–Kier alpha value is -2.06. The summed E-state index contributed by atoms with van der Waals surface area (Å²) in [5, 5.41) is 13.9. The van der Waals surface area contributed by atoms with Gasteiger partial charge >= 0.3 is 5.97 Å². The normalized spacial score (nSPS) is 11.6. The maximum absolute atomic E-state index is 11.7. The van der Waals surface area contributed by atoms with Gasteiger partial charge in [-0.1, -0.05) is 17.7 Å². The van der Waals surface area contributed by atoms with Crippen LogP contribution >= 0.6 is 11.8 Å². The highest BCUT2D eigenvalue weighted by molar-refractivity contribution is 8.00. The van der Waals surface area contributed by atoms with Gasteiger partial charge in [-0.2, -0.15) is 0 Å². The molecule has 0 heterocycles. The molecule has 0 fully saturated rings. The minimum atomic E-state index is -1.16. The Morgan fingerprint density at radius 3 is 2.35 bits per heavy atom. The van der Waals surface area contributed by atoms with Crippen LogP contribution in [-0.4, -0.2) is 54.2 Å². The molecule has 0 aromatic heterocycles. The number of carbonyl (C=O) groups excluding carboxylic acids is 2. The minimum Gasteiger partial charge on any atom is -0.480 e. The van der Waals surface area contributed by atoms with E-state index in [2.05, 4.69) is 10.6 Å². The smallest absolute Gasteiger partial charge is 0.328 e. The second-order valence-electron chi connectivity index (χ2n) is 4.82. The summed E-state index contributed by atoms with van der Waals surface area (Å²) in [5.41, 5.74) is 1.79. The Morgan fingerprint density at radius 2 is 1.78 bits per heavy atom. The van der Waals surface area contributed by atoms with Crippen molar-refractivity contribution < 1.29 is 24.2 Å². The maximum atomic E-state index is 11.7. The first-order valence-electron chi connectivity index (χ1n) is 6.87. The van der Waals surface area contributed by atoms with Gasteiger partial charge in [-0.15, -0.1) is 11.8 Å². The van der Waals surface area contributed by atoms with Gasteiger partial charge in [-0.3, -0.25) is 9.59 Å². The van der Waals surface area contributed by atoms with Gasteiger partial charge in [-0.25, -0.2) is 4.79 Å². The van der Waals surface area contributed by atoms with Crippen LogP contribution in [0.3, 0.4) is 0 Å². The number of methoxy groups -OCH3 is 1. The topological polar surface area (TPSA) is 105 Å². The molecule has 3 N–H and O–H groups in total. The molecule has 0 aliphatic rings. The molecular weight excluding hydrogens is 320 g/mol. The molecule has 0 bridgehead atoms. The van der Waals surface area contributed by atoms with Crippen molar-refractivity contribution in [2.45, 2.75) is 13.0 Å². The highest BCUT2D eigenvalue weighted by atomic mass is 32.2. The van der Waals surface area contributed by atoms with Gasteiger partial charge in [0.1, 0.15) is 0 Å². The van der Waals surface area contributed by atoms with Crippen molar-refractivity contribution in [2.24, 2.45) is 0 Å². The molecule has 7 nitrogen and oxygen atoms in total. The first-order valence-corrected chi connectivity index (χ1v) is 8.03. The van der Waals surface area contributed by atoms with E-state index in [0.717, 1.165) is 17.3 Å². The predicted octanol–water partition coefficient (Wildman–Crippen LogP) is 0.883. The molecule has 2 amide bonds. The van der Waals surface area contributed by atoms with Gasteiger partial charge in [0.05, 0.1) is 18.1 Å². The number of anilines is 1. The monoisotopic (exact) mass is 340 g/mol. The Balaban J connectivity index is 2.29. The van der Waals surface area contributed by atoms with Gasteiger partial charge < -0.3 is 20.5 Å². The van der Waals surface area contributed by atoms with Gasteiger partial charge in [0.25, 0.3) is 0 Å². The molecule has 0 radical (unpaired) electrons. The largest absolute Gasteiger partial charge is 0.480 e. The second-order valence-corrected chi connectivity index (χ2v) is 5.81. The molecule has 1 atom stereocenters.